The third-order valence-corrected chi connectivity index (χ3v) is 7.64. The molecule has 0 aliphatic carbocycles. The Morgan fingerprint density at radius 3 is 1.92 bits per heavy atom. The van der Waals surface area contributed by atoms with Crippen LogP contribution in [0.4, 0.5) is 0 Å². The van der Waals surface area contributed by atoms with Gasteiger partial charge in [0.05, 0.1) is 0 Å². The average molecular weight is 514 g/mol. The van der Waals surface area contributed by atoms with Crippen LogP contribution in [-0.4, -0.2) is 34.9 Å². The van der Waals surface area contributed by atoms with Gasteiger partial charge in [-0.1, -0.05) is 92.8 Å². The number of phenolic OH excluding ortho intramolecular Hbond substituents is 2. The lowest BCUT2D eigenvalue weighted by atomic mass is 10.0. The number of benzene rings is 1. The van der Waals surface area contributed by atoms with Gasteiger partial charge in [0, 0.05) is 11.6 Å². The Morgan fingerprint density at radius 1 is 1.00 bits per heavy atom. The summed E-state index contributed by atoms with van der Waals surface area (Å²) in [5.74, 6) is -0.771. The molecule has 0 amide bonds. The standard InChI is InChI=1S/C12H6Cl8O5/c13-7(9(15)11(17,18)24-9)23-8(14,10(16)12(19,20)25-10)5-2-1-4(21)3-6(5)22/h1-3,7,21-22H. The van der Waals surface area contributed by atoms with Gasteiger partial charge in [0.2, 0.25) is 15.2 Å². The van der Waals surface area contributed by atoms with Crippen molar-refractivity contribution in [1.82, 2.24) is 0 Å². The Morgan fingerprint density at radius 2 is 1.52 bits per heavy atom. The van der Waals surface area contributed by atoms with Crippen LogP contribution in [0.2, 0.25) is 0 Å². The van der Waals surface area contributed by atoms with Gasteiger partial charge in [-0.15, -0.1) is 0 Å². The van der Waals surface area contributed by atoms with E-state index in [-0.39, 0.29) is 11.3 Å². The summed E-state index contributed by atoms with van der Waals surface area (Å²) >= 11 is 48.2. The van der Waals surface area contributed by atoms with Gasteiger partial charge in [-0.2, -0.15) is 0 Å². The van der Waals surface area contributed by atoms with Crippen LogP contribution in [0, 0.1) is 0 Å². The fourth-order valence-corrected chi connectivity index (χ4v) is 4.59. The van der Waals surface area contributed by atoms with Crippen LogP contribution in [0.3, 0.4) is 0 Å². The van der Waals surface area contributed by atoms with Crippen molar-refractivity contribution >= 4 is 92.8 Å². The summed E-state index contributed by atoms with van der Waals surface area (Å²) in [5, 5.41) is 13.4. The zero-order chi connectivity index (χ0) is 19.1. The smallest absolute Gasteiger partial charge is 0.268 e. The molecule has 0 bridgehead atoms. The molecule has 4 unspecified atom stereocenters. The van der Waals surface area contributed by atoms with Crippen molar-refractivity contribution in [3.8, 4) is 11.5 Å². The van der Waals surface area contributed by atoms with E-state index in [1.807, 2.05) is 0 Å². The molecular formula is C12H6Cl8O5. The molecule has 2 saturated heterocycles. The molecule has 1 aromatic rings. The number of rotatable bonds is 5. The summed E-state index contributed by atoms with van der Waals surface area (Å²) in [6.45, 7) is 0. The number of phenols is 2. The molecule has 4 atom stereocenters. The summed E-state index contributed by atoms with van der Waals surface area (Å²) in [6.07, 6.45) is 0. The molecule has 0 spiro atoms. The molecule has 13 heteroatoms. The van der Waals surface area contributed by atoms with Gasteiger partial charge < -0.3 is 24.4 Å². The molecule has 2 fully saturated rings. The summed E-state index contributed by atoms with van der Waals surface area (Å²) < 4.78 is 11.6. The highest BCUT2D eigenvalue weighted by atomic mass is 35.5. The van der Waals surface area contributed by atoms with Gasteiger partial charge in [0.25, 0.3) is 9.04 Å². The molecule has 0 radical (unpaired) electrons. The number of aromatic hydroxyl groups is 2. The van der Waals surface area contributed by atoms with Crippen LogP contribution in [0.5, 0.6) is 11.5 Å². The average Bonchev–Trinajstić information content (AvgIpc) is 3.18. The minimum Gasteiger partial charge on any atom is -0.508 e. The highest BCUT2D eigenvalue weighted by Crippen LogP contribution is 2.71. The quantitative estimate of drug-likeness (QED) is 0.415. The number of epoxide rings is 2. The van der Waals surface area contributed by atoms with Gasteiger partial charge in [-0.25, -0.2) is 0 Å². The predicted molar refractivity (Wildman–Crippen MR) is 96.2 cm³/mol. The normalized spacial score (nSPS) is 35.7. The van der Waals surface area contributed by atoms with Gasteiger partial charge in [-0.05, 0) is 12.1 Å². The summed E-state index contributed by atoms with van der Waals surface area (Å²) in [7, 11) is 0. The Bertz CT molecular complexity index is 731. The molecule has 3 rings (SSSR count). The van der Waals surface area contributed by atoms with Gasteiger partial charge in [-0.3, -0.25) is 0 Å². The van der Waals surface area contributed by atoms with Crippen molar-refractivity contribution in [2.24, 2.45) is 0 Å². The van der Waals surface area contributed by atoms with Crippen molar-refractivity contribution < 1.29 is 24.4 Å². The van der Waals surface area contributed by atoms with E-state index >= 15 is 0 Å². The van der Waals surface area contributed by atoms with E-state index in [0.717, 1.165) is 6.07 Å². The molecule has 2 heterocycles. The molecule has 25 heavy (non-hydrogen) atoms. The molecule has 1 aromatic carbocycles. The molecular weight excluding hydrogens is 508 g/mol. The number of halogens is 8. The fourth-order valence-electron chi connectivity index (χ4n) is 2.07. The second kappa shape index (κ2) is 6.01. The number of hydrogen-bond donors (Lipinski definition) is 2. The Kier molecular flexibility index (Phi) is 4.99. The molecule has 140 valence electrons. The van der Waals surface area contributed by atoms with E-state index in [1.165, 1.54) is 12.1 Å². The second-order valence-electron chi connectivity index (χ2n) is 5.21. The highest BCUT2D eigenvalue weighted by molar-refractivity contribution is 6.57. The third-order valence-electron chi connectivity index (χ3n) is 3.53. The zero-order valence-corrected chi connectivity index (χ0v) is 17.5. The van der Waals surface area contributed by atoms with E-state index in [9.17, 15) is 10.2 Å². The molecule has 5 nitrogen and oxygen atoms in total. The lowest BCUT2D eigenvalue weighted by Gasteiger charge is -2.33. The summed E-state index contributed by atoms with van der Waals surface area (Å²) in [5.41, 5.74) is -1.76. The minimum atomic E-state index is -2.28. The molecule has 2 aliphatic heterocycles. The molecule has 2 N–H and O–H groups in total. The maximum Gasteiger partial charge on any atom is 0.268 e. The maximum absolute atomic E-state index is 10.1. The fraction of sp³-hybridized carbons (Fsp3) is 0.500. The van der Waals surface area contributed by atoms with Crippen LogP contribution >= 0.6 is 92.8 Å². The summed E-state index contributed by atoms with van der Waals surface area (Å²) in [4.78, 5) is 0. The van der Waals surface area contributed by atoms with Crippen molar-refractivity contribution in [2.45, 2.75) is 29.8 Å². The van der Waals surface area contributed by atoms with Crippen molar-refractivity contribution in [2.75, 3.05) is 0 Å². The lowest BCUT2D eigenvalue weighted by Crippen LogP contribution is -2.44. The second-order valence-corrected chi connectivity index (χ2v) is 9.75. The van der Waals surface area contributed by atoms with Crippen LogP contribution in [0.15, 0.2) is 18.2 Å². The first-order valence-corrected chi connectivity index (χ1v) is 9.35. The number of ether oxygens (including phenoxy) is 3. The van der Waals surface area contributed by atoms with Crippen LogP contribution in [0.25, 0.3) is 0 Å². The summed E-state index contributed by atoms with van der Waals surface area (Å²) in [6, 6.07) is 3.37. The largest absolute Gasteiger partial charge is 0.508 e. The predicted octanol–water partition coefficient (Wildman–Crippen LogP) is 5.26. The maximum atomic E-state index is 10.1. The van der Waals surface area contributed by atoms with Crippen molar-refractivity contribution in [3.63, 3.8) is 0 Å². The first-order chi connectivity index (χ1) is 11.2. The molecule has 0 saturated carbocycles. The van der Waals surface area contributed by atoms with Gasteiger partial charge in [0.15, 0.2) is 5.56 Å². The van der Waals surface area contributed by atoms with E-state index in [0.29, 0.717) is 0 Å². The van der Waals surface area contributed by atoms with Crippen molar-refractivity contribution in [3.05, 3.63) is 23.8 Å². The van der Waals surface area contributed by atoms with Gasteiger partial charge >= 0.3 is 0 Å². The Hall–Kier alpha value is 1.02. The minimum absolute atomic E-state index is 0.175. The van der Waals surface area contributed by atoms with Gasteiger partial charge in [0.1, 0.15) is 11.5 Å². The molecule has 0 aromatic heterocycles. The number of alkyl halides is 8. The van der Waals surface area contributed by atoms with E-state index in [4.69, 9.17) is 107 Å². The lowest BCUT2D eigenvalue weighted by molar-refractivity contribution is -0.0500. The zero-order valence-electron chi connectivity index (χ0n) is 11.5. The monoisotopic (exact) mass is 510 g/mol. The first kappa shape index (κ1) is 20.7. The Balaban J connectivity index is 2.02. The van der Waals surface area contributed by atoms with E-state index < -0.39 is 35.5 Å². The number of hydrogen-bond acceptors (Lipinski definition) is 5. The van der Waals surface area contributed by atoms with Crippen LogP contribution < -0.4 is 0 Å². The third kappa shape index (κ3) is 3.04. The molecule has 2 aliphatic rings. The Labute approximate surface area is 181 Å². The highest BCUT2D eigenvalue weighted by Gasteiger charge is 2.82. The van der Waals surface area contributed by atoms with Crippen LogP contribution in [-0.2, 0) is 19.3 Å². The van der Waals surface area contributed by atoms with Crippen molar-refractivity contribution in [1.29, 1.82) is 0 Å². The van der Waals surface area contributed by atoms with E-state index in [2.05, 4.69) is 0 Å². The van der Waals surface area contributed by atoms with E-state index in [1.54, 1.807) is 0 Å². The first-order valence-electron chi connectivity index (χ1n) is 6.27. The SMILES string of the molecule is Oc1ccc(C(Cl)(OC(Cl)C2(Cl)OC2(Cl)Cl)C2(Cl)OC2(Cl)Cl)c(O)c1. The van der Waals surface area contributed by atoms with Crippen LogP contribution in [0.1, 0.15) is 5.56 Å². The topological polar surface area (TPSA) is 74.8 Å².